The first-order valence-corrected chi connectivity index (χ1v) is 4.67. The summed E-state index contributed by atoms with van der Waals surface area (Å²) >= 11 is 0. The number of hydrogen-bond acceptors (Lipinski definition) is 5. The maximum Gasteiger partial charge on any atom is 0.359 e. The van der Waals surface area contributed by atoms with Crippen molar-refractivity contribution in [2.75, 3.05) is 12.3 Å². The lowest BCUT2D eigenvalue weighted by Gasteiger charge is -2.09. The zero-order valence-corrected chi connectivity index (χ0v) is 8.91. The van der Waals surface area contributed by atoms with E-state index in [2.05, 4.69) is 9.72 Å². The Bertz CT molecular complexity index is 483. The average Bonchev–Trinajstić information content (AvgIpc) is 2.29. The minimum absolute atomic E-state index is 0.0563. The predicted molar refractivity (Wildman–Crippen MR) is 54.3 cm³/mol. The van der Waals surface area contributed by atoms with Crippen molar-refractivity contribution in [1.82, 2.24) is 4.98 Å². The second-order valence-electron chi connectivity index (χ2n) is 2.99. The van der Waals surface area contributed by atoms with E-state index in [4.69, 9.17) is 11.0 Å². The molecule has 1 heterocycles. The highest BCUT2D eigenvalue weighted by Crippen LogP contribution is 2.27. The quantitative estimate of drug-likeness (QED) is 0.812. The van der Waals surface area contributed by atoms with Crippen LogP contribution in [0, 0.1) is 11.3 Å². The smallest absolute Gasteiger partial charge is 0.359 e. The zero-order chi connectivity index (χ0) is 13.0. The monoisotopic (exact) mass is 241 g/mol. The van der Waals surface area contributed by atoms with Crippen molar-refractivity contribution in [3.8, 4) is 6.07 Å². The van der Waals surface area contributed by atoms with E-state index in [0.29, 0.717) is 0 Å². The van der Waals surface area contributed by atoms with Gasteiger partial charge < -0.3 is 10.5 Å². The van der Waals surface area contributed by atoms with Gasteiger partial charge in [-0.15, -0.1) is 0 Å². The Kier molecular flexibility index (Phi) is 3.93. The maximum absolute atomic E-state index is 12.6. The van der Waals surface area contributed by atoms with Gasteiger partial charge in [0.15, 0.2) is 5.69 Å². The fraction of sp³-hybridized carbons (Fsp3) is 0.300. The zero-order valence-electron chi connectivity index (χ0n) is 8.91. The molecule has 1 aromatic rings. The van der Waals surface area contributed by atoms with Crippen molar-refractivity contribution in [3.05, 3.63) is 23.0 Å². The van der Waals surface area contributed by atoms with Crippen molar-refractivity contribution in [2.45, 2.75) is 13.3 Å². The van der Waals surface area contributed by atoms with Gasteiger partial charge in [-0.1, -0.05) is 0 Å². The first-order valence-electron chi connectivity index (χ1n) is 4.67. The van der Waals surface area contributed by atoms with Crippen LogP contribution in [0.25, 0.3) is 0 Å². The molecule has 0 aliphatic rings. The third kappa shape index (κ3) is 2.66. The van der Waals surface area contributed by atoms with Crippen molar-refractivity contribution in [2.24, 2.45) is 0 Å². The molecule has 0 aliphatic carbocycles. The lowest BCUT2D eigenvalue weighted by Crippen LogP contribution is -2.13. The molecule has 0 spiro atoms. The number of nitrogen functional groups attached to an aromatic ring is 1. The van der Waals surface area contributed by atoms with Crippen molar-refractivity contribution < 1.29 is 18.3 Å². The average molecular weight is 241 g/mol. The van der Waals surface area contributed by atoms with Crippen LogP contribution >= 0.6 is 0 Å². The largest absolute Gasteiger partial charge is 0.461 e. The summed E-state index contributed by atoms with van der Waals surface area (Å²) in [5.74, 6) is -0.927. The Labute approximate surface area is 95.8 Å². The number of esters is 1. The number of nitrogens with zero attached hydrogens (tertiary/aromatic N) is 2. The summed E-state index contributed by atoms with van der Waals surface area (Å²) in [6, 6.07) is 2.43. The second-order valence-corrected chi connectivity index (χ2v) is 2.99. The number of hydrogen-bond donors (Lipinski definition) is 1. The third-order valence-corrected chi connectivity index (χ3v) is 1.91. The molecule has 0 radical (unpaired) electrons. The van der Waals surface area contributed by atoms with E-state index in [9.17, 15) is 13.6 Å². The van der Waals surface area contributed by atoms with E-state index in [0.717, 1.165) is 6.07 Å². The standard InChI is InChI=1S/C10H9F2N3O2/c1-2-17-10(16)8-7(14)6(9(11)12)3-5(4-13)15-8/h3,9H,2,14H2,1H3. The minimum Gasteiger partial charge on any atom is -0.461 e. The van der Waals surface area contributed by atoms with Crippen LogP contribution in [-0.4, -0.2) is 17.6 Å². The molecule has 1 aromatic heterocycles. The van der Waals surface area contributed by atoms with E-state index in [1.807, 2.05) is 0 Å². The molecule has 2 N–H and O–H groups in total. The van der Waals surface area contributed by atoms with Crippen LogP contribution < -0.4 is 5.73 Å². The van der Waals surface area contributed by atoms with Gasteiger partial charge in [0, 0.05) is 5.56 Å². The van der Waals surface area contributed by atoms with Crippen LogP contribution in [0.15, 0.2) is 6.07 Å². The van der Waals surface area contributed by atoms with E-state index >= 15 is 0 Å². The predicted octanol–water partition coefficient (Wildman–Crippen LogP) is 1.65. The van der Waals surface area contributed by atoms with Crippen LogP contribution in [0.2, 0.25) is 0 Å². The molecular formula is C10H9F2N3O2. The molecule has 0 fully saturated rings. The van der Waals surface area contributed by atoms with E-state index in [1.54, 1.807) is 13.0 Å². The first kappa shape index (κ1) is 12.8. The Morgan fingerprint density at radius 1 is 1.71 bits per heavy atom. The Morgan fingerprint density at radius 2 is 2.35 bits per heavy atom. The summed E-state index contributed by atoms with van der Waals surface area (Å²) in [5, 5.41) is 8.62. The summed E-state index contributed by atoms with van der Waals surface area (Å²) < 4.78 is 29.8. The normalized spacial score (nSPS) is 10.1. The molecule has 5 nitrogen and oxygen atoms in total. The Balaban J connectivity index is 3.35. The van der Waals surface area contributed by atoms with E-state index in [1.165, 1.54) is 0 Å². The highest BCUT2D eigenvalue weighted by Gasteiger charge is 2.22. The number of rotatable bonds is 3. The van der Waals surface area contributed by atoms with Crippen LogP contribution in [0.3, 0.4) is 0 Å². The number of nitrogens with two attached hydrogens (primary N) is 1. The number of carbonyl (C=O) groups is 1. The molecule has 0 saturated heterocycles. The van der Waals surface area contributed by atoms with Gasteiger partial charge in [0.2, 0.25) is 0 Å². The Morgan fingerprint density at radius 3 is 2.82 bits per heavy atom. The van der Waals surface area contributed by atoms with Crippen LogP contribution in [0.5, 0.6) is 0 Å². The van der Waals surface area contributed by atoms with Gasteiger partial charge in [0.25, 0.3) is 6.43 Å². The van der Waals surface area contributed by atoms with E-state index in [-0.39, 0.29) is 12.3 Å². The number of anilines is 1. The van der Waals surface area contributed by atoms with Crippen molar-refractivity contribution in [3.63, 3.8) is 0 Å². The van der Waals surface area contributed by atoms with Gasteiger partial charge in [-0.05, 0) is 13.0 Å². The summed E-state index contributed by atoms with van der Waals surface area (Å²) in [6.07, 6.45) is -2.89. The molecule has 0 aromatic carbocycles. The van der Waals surface area contributed by atoms with Gasteiger partial charge in [-0.2, -0.15) is 5.26 Å². The second kappa shape index (κ2) is 5.21. The molecule has 0 bridgehead atoms. The lowest BCUT2D eigenvalue weighted by molar-refractivity contribution is 0.0520. The molecule has 90 valence electrons. The maximum atomic E-state index is 12.6. The minimum atomic E-state index is -2.89. The summed E-state index contributed by atoms with van der Waals surface area (Å²) in [7, 11) is 0. The van der Waals surface area contributed by atoms with Gasteiger partial charge >= 0.3 is 5.97 Å². The number of halogens is 2. The Hall–Kier alpha value is -2.23. The summed E-state index contributed by atoms with van der Waals surface area (Å²) in [5.41, 5.74) is 3.56. The van der Waals surface area contributed by atoms with Gasteiger partial charge in [-0.25, -0.2) is 18.6 Å². The highest BCUT2D eigenvalue weighted by atomic mass is 19.3. The molecule has 0 saturated carbocycles. The van der Waals surface area contributed by atoms with E-state index < -0.39 is 29.3 Å². The number of carbonyl (C=O) groups excluding carboxylic acids is 1. The molecule has 17 heavy (non-hydrogen) atoms. The van der Waals surface area contributed by atoms with Crippen LogP contribution in [-0.2, 0) is 4.74 Å². The first-order chi connectivity index (χ1) is 8.01. The third-order valence-electron chi connectivity index (χ3n) is 1.91. The molecule has 7 heteroatoms. The number of pyridine rings is 1. The topological polar surface area (TPSA) is 89.0 Å². The molecule has 0 unspecified atom stereocenters. The van der Waals surface area contributed by atoms with Crippen molar-refractivity contribution >= 4 is 11.7 Å². The molecule has 0 aliphatic heterocycles. The lowest BCUT2D eigenvalue weighted by atomic mass is 10.1. The number of ether oxygens (including phenoxy) is 1. The number of aromatic nitrogens is 1. The molecule has 0 amide bonds. The summed E-state index contributed by atoms with van der Waals surface area (Å²) in [6.45, 7) is 1.61. The fourth-order valence-electron chi connectivity index (χ4n) is 1.17. The van der Waals surface area contributed by atoms with Gasteiger partial charge in [0.05, 0.1) is 12.3 Å². The highest BCUT2D eigenvalue weighted by molar-refractivity contribution is 5.93. The van der Waals surface area contributed by atoms with Gasteiger partial charge in [0.1, 0.15) is 11.8 Å². The van der Waals surface area contributed by atoms with Crippen LogP contribution in [0.1, 0.15) is 35.1 Å². The number of nitriles is 1. The number of alkyl halides is 2. The van der Waals surface area contributed by atoms with Crippen LogP contribution in [0.4, 0.5) is 14.5 Å². The summed E-state index contributed by atoms with van der Waals surface area (Å²) in [4.78, 5) is 14.9. The fourth-order valence-corrected chi connectivity index (χ4v) is 1.17. The molecule has 1 rings (SSSR count). The van der Waals surface area contributed by atoms with Gasteiger partial charge in [-0.3, -0.25) is 0 Å². The van der Waals surface area contributed by atoms with Crippen molar-refractivity contribution in [1.29, 1.82) is 5.26 Å². The molecule has 0 atom stereocenters. The SMILES string of the molecule is CCOC(=O)c1nc(C#N)cc(C(F)F)c1N. The molecular weight excluding hydrogens is 232 g/mol.